The second-order valence-electron chi connectivity index (χ2n) is 15.7. The summed E-state index contributed by atoms with van der Waals surface area (Å²) in [6.07, 6.45) is 2.00. The fraction of sp³-hybridized carbons (Fsp3) is 0.113. The number of aromatic nitrogens is 1. The molecule has 7 aromatic carbocycles. The van der Waals surface area contributed by atoms with Gasteiger partial charge in [0.15, 0.2) is 0 Å². The summed E-state index contributed by atoms with van der Waals surface area (Å²) < 4.78 is 0. The molecule has 56 heavy (non-hydrogen) atoms. The summed E-state index contributed by atoms with van der Waals surface area (Å²) in [5.74, 6) is 0. The van der Waals surface area contributed by atoms with Gasteiger partial charge in [0.1, 0.15) is 0 Å². The summed E-state index contributed by atoms with van der Waals surface area (Å²) in [6.45, 7) is 9.41. The zero-order valence-corrected chi connectivity index (χ0v) is 32.4. The van der Waals surface area contributed by atoms with E-state index in [9.17, 15) is 0 Å². The van der Waals surface area contributed by atoms with Crippen molar-refractivity contribution < 1.29 is 0 Å². The van der Waals surface area contributed by atoms with Gasteiger partial charge in [-0.05, 0) is 108 Å². The molecule has 0 unspecified atom stereocenters. The largest absolute Gasteiger partial charge is 0.335 e. The van der Waals surface area contributed by atoms with E-state index in [0.717, 1.165) is 39.4 Å². The molecule has 0 aliphatic carbocycles. The first-order valence-corrected chi connectivity index (χ1v) is 19.5. The van der Waals surface area contributed by atoms with Gasteiger partial charge in [0.2, 0.25) is 0 Å². The van der Waals surface area contributed by atoms with Gasteiger partial charge in [-0.25, -0.2) is 0 Å². The number of benzene rings is 7. The highest BCUT2D eigenvalue weighted by atomic mass is 15.2. The lowest BCUT2D eigenvalue weighted by Gasteiger charge is -2.42. The normalized spacial score (nSPS) is 14.0. The molecule has 0 atom stereocenters. The van der Waals surface area contributed by atoms with Gasteiger partial charge in [0.25, 0.3) is 0 Å². The zero-order valence-electron chi connectivity index (χ0n) is 32.4. The van der Waals surface area contributed by atoms with Gasteiger partial charge in [-0.3, -0.25) is 4.98 Å². The summed E-state index contributed by atoms with van der Waals surface area (Å²) in [5, 5.41) is 0. The van der Waals surface area contributed by atoms with Crippen LogP contribution in [0.3, 0.4) is 0 Å². The van der Waals surface area contributed by atoms with Crippen molar-refractivity contribution >= 4 is 28.4 Å². The number of para-hydroxylation sites is 1. The lowest BCUT2D eigenvalue weighted by molar-refractivity contribution is 0.330. The summed E-state index contributed by atoms with van der Waals surface area (Å²) in [6, 6.07) is 69.5. The Morgan fingerprint density at radius 2 is 0.875 bits per heavy atom. The molecule has 0 spiro atoms. The average molecular weight is 724 g/mol. The molecule has 272 valence electrons. The Morgan fingerprint density at radius 3 is 1.41 bits per heavy atom. The van der Waals surface area contributed by atoms with Crippen LogP contribution in [0.25, 0.3) is 44.6 Å². The molecular formula is C53H45N3. The number of fused-ring (bicyclic) bond motifs is 1. The Labute approximate surface area is 331 Å². The van der Waals surface area contributed by atoms with Crippen molar-refractivity contribution in [2.75, 3.05) is 9.80 Å². The Morgan fingerprint density at radius 1 is 0.411 bits per heavy atom. The standard InChI is InChI=1S/C53H45N3/c1-52(2)49-20-11-12-21-51(49)56(53(52,3)4)48-19-13-18-43(36-48)44-28-35-50(54-37-44)42-26-33-47(34-27-42)55(45-29-22-40(23-30-45)38-14-7-5-8-15-38)46-31-24-41(25-32-46)39-16-9-6-10-17-39/h5-37H,1-4H3. The van der Waals surface area contributed by atoms with E-state index < -0.39 is 0 Å². The van der Waals surface area contributed by atoms with Crippen LogP contribution in [0.1, 0.15) is 33.3 Å². The van der Waals surface area contributed by atoms with Crippen LogP contribution in [0.4, 0.5) is 28.4 Å². The maximum atomic E-state index is 4.98. The monoisotopic (exact) mass is 723 g/mol. The highest BCUT2D eigenvalue weighted by Crippen LogP contribution is 2.54. The molecule has 0 N–H and O–H groups in total. The molecule has 1 aliphatic heterocycles. The first-order valence-electron chi connectivity index (χ1n) is 19.5. The van der Waals surface area contributed by atoms with Crippen LogP contribution in [0.5, 0.6) is 0 Å². The van der Waals surface area contributed by atoms with Gasteiger partial charge in [0, 0.05) is 56.7 Å². The molecule has 0 saturated carbocycles. The molecule has 8 aromatic rings. The summed E-state index contributed by atoms with van der Waals surface area (Å²) in [4.78, 5) is 9.81. The molecule has 0 radical (unpaired) electrons. The number of anilines is 5. The van der Waals surface area contributed by atoms with Gasteiger partial charge in [0.05, 0.1) is 5.69 Å². The Hall–Kier alpha value is -6.71. The topological polar surface area (TPSA) is 19.4 Å². The number of nitrogens with zero attached hydrogens (tertiary/aromatic N) is 3. The number of rotatable bonds is 8. The first-order chi connectivity index (χ1) is 27.3. The van der Waals surface area contributed by atoms with Crippen molar-refractivity contribution in [3.05, 3.63) is 206 Å². The second-order valence-corrected chi connectivity index (χ2v) is 15.7. The third-order valence-corrected chi connectivity index (χ3v) is 12.0. The van der Waals surface area contributed by atoms with Gasteiger partial charge >= 0.3 is 0 Å². The predicted molar refractivity (Wildman–Crippen MR) is 236 cm³/mol. The van der Waals surface area contributed by atoms with Gasteiger partial charge in [-0.15, -0.1) is 0 Å². The quantitative estimate of drug-likeness (QED) is 0.156. The smallest absolute Gasteiger partial charge is 0.0702 e. The van der Waals surface area contributed by atoms with Crippen LogP contribution in [-0.2, 0) is 5.41 Å². The fourth-order valence-electron chi connectivity index (χ4n) is 8.22. The second kappa shape index (κ2) is 14.2. The van der Waals surface area contributed by atoms with Crippen LogP contribution in [0.2, 0.25) is 0 Å². The Bertz CT molecular complexity index is 2510. The highest BCUT2D eigenvalue weighted by molar-refractivity contribution is 5.82. The molecule has 0 fully saturated rings. The van der Waals surface area contributed by atoms with Crippen molar-refractivity contribution in [1.29, 1.82) is 0 Å². The van der Waals surface area contributed by atoms with E-state index in [2.05, 4.69) is 232 Å². The number of hydrogen-bond donors (Lipinski definition) is 0. The predicted octanol–water partition coefficient (Wildman–Crippen LogP) is 14.4. The highest BCUT2D eigenvalue weighted by Gasteiger charge is 2.51. The van der Waals surface area contributed by atoms with Crippen LogP contribution in [0, 0.1) is 0 Å². The third kappa shape index (κ3) is 6.25. The first kappa shape index (κ1) is 35.0. The molecular weight excluding hydrogens is 679 g/mol. The van der Waals surface area contributed by atoms with Gasteiger partial charge < -0.3 is 9.80 Å². The van der Waals surface area contributed by atoms with E-state index in [1.165, 1.54) is 39.2 Å². The number of pyridine rings is 1. The molecule has 9 rings (SSSR count). The van der Waals surface area contributed by atoms with Crippen LogP contribution >= 0.6 is 0 Å². The SMILES string of the molecule is CC1(C)c2ccccc2N(c2cccc(-c3ccc(-c4ccc(N(c5ccc(-c6ccccc6)cc5)c5ccc(-c6ccccc6)cc5)cc4)nc3)c2)C1(C)C. The lowest BCUT2D eigenvalue weighted by Crippen LogP contribution is -2.48. The Kier molecular flexibility index (Phi) is 8.86. The number of hydrogen-bond acceptors (Lipinski definition) is 3. The minimum Gasteiger partial charge on any atom is -0.335 e. The van der Waals surface area contributed by atoms with Crippen molar-refractivity contribution in [1.82, 2.24) is 4.98 Å². The molecule has 0 amide bonds. The van der Waals surface area contributed by atoms with Gasteiger partial charge in [-0.2, -0.15) is 0 Å². The van der Waals surface area contributed by atoms with Crippen molar-refractivity contribution in [3.8, 4) is 44.6 Å². The minimum absolute atomic E-state index is 0.00459. The Balaban J connectivity index is 1.00. The fourth-order valence-corrected chi connectivity index (χ4v) is 8.22. The summed E-state index contributed by atoms with van der Waals surface area (Å²) in [7, 11) is 0. The molecule has 0 saturated heterocycles. The van der Waals surface area contributed by atoms with Crippen molar-refractivity contribution in [2.24, 2.45) is 0 Å². The van der Waals surface area contributed by atoms with Crippen LogP contribution in [0.15, 0.2) is 200 Å². The molecule has 1 aliphatic rings. The maximum Gasteiger partial charge on any atom is 0.0702 e. The van der Waals surface area contributed by atoms with E-state index in [1.807, 2.05) is 6.20 Å². The van der Waals surface area contributed by atoms with Crippen molar-refractivity contribution in [3.63, 3.8) is 0 Å². The third-order valence-electron chi connectivity index (χ3n) is 12.0. The van der Waals surface area contributed by atoms with Crippen LogP contribution < -0.4 is 9.80 Å². The average Bonchev–Trinajstić information content (AvgIpc) is 3.42. The molecule has 0 bridgehead atoms. The lowest BCUT2D eigenvalue weighted by atomic mass is 9.72. The van der Waals surface area contributed by atoms with E-state index in [4.69, 9.17) is 4.98 Å². The minimum atomic E-state index is -0.101. The van der Waals surface area contributed by atoms with Gasteiger partial charge in [-0.1, -0.05) is 147 Å². The van der Waals surface area contributed by atoms with E-state index in [-0.39, 0.29) is 11.0 Å². The molecule has 2 heterocycles. The van der Waals surface area contributed by atoms with E-state index in [1.54, 1.807) is 0 Å². The van der Waals surface area contributed by atoms with Crippen molar-refractivity contribution in [2.45, 2.75) is 38.6 Å². The molecule has 1 aromatic heterocycles. The zero-order chi connectivity index (χ0) is 38.3. The molecule has 3 heteroatoms. The van der Waals surface area contributed by atoms with E-state index in [0.29, 0.717) is 0 Å². The van der Waals surface area contributed by atoms with E-state index >= 15 is 0 Å². The summed E-state index contributed by atoms with van der Waals surface area (Å²) >= 11 is 0. The van der Waals surface area contributed by atoms with Crippen LogP contribution in [-0.4, -0.2) is 10.5 Å². The maximum absolute atomic E-state index is 4.98. The molecule has 3 nitrogen and oxygen atoms in total. The summed E-state index contributed by atoms with van der Waals surface area (Å²) in [5.41, 5.74) is 16.1.